The Morgan fingerprint density at radius 3 is 2.50 bits per heavy atom. The van der Waals surface area contributed by atoms with Crippen LogP contribution in [0, 0.1) is 0 Å². The molecule has 1 rings (SSSR count). The van der Waals surface area contributed by atoms with Crippen LogP contribution in [0.25, 0.3) is 0 Å². The van der Waals surface area contributed by atoms with Gasteiger partial charge in [-0.1, -0.05) is 0 Å². The van der Waals surface area contributed by atoms with Crippen LogP contribution >= 0.6 is 0 Å². The molecule has 0 N–H and O–H groups in total. The molecule has 0 amide bonds. The Bertz CT molecular complexity index is 201. The van der Waals surface area contributed by atoms with Gasteiger partial charge < -0.3 is 9.47 Å². The fourth-order valence-corrected chi connectivity index (χ4v) is 1.35. The van der Waals surface area contributed by atoms with Gasteiger partial charge in [0.05, 0.1) is 7.11 Å². The van der Waals surface area contributed by atoms with Crippen molar-refractivity contribution in [2.45, 2.75) is 25.4 Å². The molecule has 0 bridgehead atoms. The van der Waals surface area contributed by atoms with Crippen LogP contribution < -0.4 is 0 Å². The Kier molecular flexibility index (Phi) is 2.47. The largest absolute Gasteiger partial charge is 0.467 e. The summed E-state index contributed by atoms with van der Waals surface area (Å²) in [5, 5.41) is 0. The van der Waals surface area contributed by atoms with Crippen molar-refractivity contribution < 1.29 is 19.1 Å². The lowest BCUT2D eigenvalue weighted by Gasteiger charge is -2.36. The van der Waals surface area contributed by atoms with Crippen molar-refractivity contribution in [1.82, 2.24) is 0 Å². The van der Waals surface area contributed by atoms with E-state index in [1.165, 1.54) is 7.11 Å². The minimum atomic E-state index is -0.958. The van der Waals surface area contributed by atoms with Crippen LogP contribution in [0.2, 0.25) is 0 Å². The smallest absolute Gasteiger partial charge is 0.339 e. The second-order valence-electron chi connectivity index (χ2n) is 2.81. The number of ketones is 1. The highest BCUT2D eigenvalue weighted by Crippen LogP contribution is 2.33. The molecule has 0 radical (unpaired) electrons. The summed E-state index contributed by atoms with van der Waals surface area (Å²) >= 11 is 0. The molecule has 0 unspecified atom stereocenters. The molecule has 1 saturated carbocycles. The first-order valence-corrected chi connectivity index (χ1v) is 3.88. The van der Waals surface area contributed by atoms with Gasteiger partial charge in [-0.05, 0) is 6.92 Å². The number of carbonyl (C=O) groups excluding carboxylic acids is 2. The fraction of sp³-hybridized carbons (Fsp3) is 0.750. The number of rotatable bonds is 3. The normalized spacial score (nSPS) is 20.0. The predicted molar refractivity (Wildman–Crippen MR) is 40.6 cm³/mol. The van der Waals surface area contributed by atoms with Crippen LogP contribution in [0.5, 0.6) is 0 Å². The number of ether oxygens (including phenoxy) is 2. The van der Waals surface area contributed by atoms with Crippen LogP contribution in [0.15, 0.2) is 0 Å². The Labute approximate surface area is 70.8 Å². The molecular formula is C8H12O4. The maximum absolute atomic E-state index is 11.2. The summed E-state index contributed by atoms with van der Waals surface area (Å²) in [7, 11) is 1.30. The monoisotopic (exact) mass is 172 g/mol. The highest BCUT2D eigenvalue weighted by molar-refractivity contribution is 5.99. The Balaban J connectivity index is 2.62. The van der Waals surface area contributed by atoms with Gasteiger partial charge in [-0.15, -0.1) is 0 Å². The number of Topliss-reactive ketones (excluding diaryl/α,β-unsaturated/α-hetero) is 1. The first-order valence-electron chi connectivity index (χ1n) is 3.88. The second-order valence-corrected chi connectivity index (χ2v) is 2.81. The Morgan fingerprint density at radius 1 is 1.58 bits per heavy atom. The van der Waals surface area contributed by atoms with Crippen molar-refractivity contribution >= 4 is 11.8 Å². The van der Waals surface area contributed by atoms with Gasteiger partial charge in [-0.3, -0.25) is 4.79 Å². The van der Waals surface area contributed by atoms with Crippen LogP contribution in [0.3, 0.4) is 0 Å². The molecular weight excluding hydrogens is 160 g/mol. The van der Waals surface area contributed by atoms with Gasteiger partial charge in [-0.25, -0.2) is 4.79 Å². The summed E-state index contributed by atoms with van der Waals surface area (Å²) in [5.74, 6) is -0.391. The molecule has 0 aromatic carbocycles. The van der Waals surface area contributed by atoms with Crippen molar-refractivity contribution in [2.24, 2.45) is 0 Å². The number of hydrogen-bond acceptors (Lipinski definition) is 4. The van der Waals surface area contributed by atoms with Crippen molar-refractivity contribution in [3.05, 3.63) is 0 Å². The first-order chi connectivity index (χ1) is 5.64. The van der Waals surface area contributed by atoms with Gasteiger partial charge in [0.15, 0.2) is 5.60 Å². The highest BCUT2D eigenvalue weighted by Gasteiger charge is 2.52. The third-order valence-electron chi connectivity index (χ3n) is 1.94. The van der Waals surface area contributed by atoms with Crippen LogP contribution in [0.4, 0.5) is 0 Å². The summed E-state index contributed by atoms with van der Waals surface area (Å²) in [6.07, 6.45) is 0.320. The maximum Gasteiger partial charge on any atom is 0.339 e. The van der Waals surface area contributed by atoms with E-state index in [0.29, 0.717) is 6.61 Å². The molecule has 0 spiro atoms. The third-order valence-corrected chi connectivity index (χ3v) is 1.94. The minimum absolute atomic E-state index is 0.0499. The van der Waals surface area contributed by atoms with Gasteiger partial charge in [0.1, 0.15) is 5.78 Å². The SMILES string of the molecule is CCOC1(C(=O)OC)CC(=O)C1. The van der Waals surface area contributed by atoms with Crippen molar-refractivity contribution in [3.63, 3.8) is 0 Å². The average molecular weight is 172 g/mol. The van der Waals surface area contributed by atoms with E-state index < -0.39 is 11.6 Å². The van der Waals surface area contributed by atoms with Crippen molar-refractivity contribution in [2.75, 3.05) is 13.7 Å². The maximum atomic E-state index is 11.2. The van der Waals surface area contributed by atoms with Crippen molar-refractivity contribution in [3.8, 4) is 0 Å². The molecule has 4 heteroatoms. The van der Waals surface area contributed by atoms with Gasteiger partial charge in [0.2, 0.25) is 0 Å². The summed E-state index contributed by atoms with van der Waals surface area (Å²) < 4.78 is 9.74. The molecule has 12 heavy (non-hydrogen) atoms. The number of esters is 1. The van der Waals surface area contributed by atoms with Crippen LogP contribution in [-0.4, -0.2) is 31.1 Å². The third kappa shape index (κ3) is 1.34. The lowest BCUT2D eigenvalue weighted by molar-refractivity contribution is -0.184. The molecule has 0 aromatic rings. The number of methoxy groups -OCH3 is 1. The summed E-state index contributed by atoms with van der Waals surface area (Å²) in [4.78, 5) is 21.9. The van der Waals surface area contributed by atoms with E-state index in [-0.39, 0.29) is 18.6 Å². The molecule has 1 fully saturated rings. The van der Waals surface area contributed by atoms with E-state index in [1.807, 2.05) is 0 Å². The van der Waals surface area contributed by atoms with E-state index in [0.717, 1.165) is 0 Å². The van der Waals surface area contributed by atoms with E-state index in [4.69, 9.17) is 4.74 Å². The quantitative estimate of drug-likeness (QED) is 0.574. The summed E-state index contributed by atoms with van der Waals surface area (Å²) in [6.45, 7) is 2.20. The average Bonchev–Trinajstić information content (AvgIpc) is 2.00. The number of carbonyl (C=O) groups is 2. The van der Waals surface area contributed by atoms with Crippen molar-refractivity contribution in [1.29, 1.82) is 0 Å². The molecule has 4 nitrogen and oxygen atoms in total. The van der Waals surface area contributed by atoms with Gasteiger partial charge in [-0.2, -0.15) is 0 Å². The first kappa shape index (κ1) is 9.19. The lowest BCUT2D eigenvalue weighted by Crippen LogP contribution is -2.53. The molecule has 0 heterocycles. The minimum Gasteiger partial charge on any atom is -0.467 e. The highest BCUT2D eigenvalue weighted by atomic mass is 16.6. The topological polar surface area (TPSA) is 52.6 Å². The Hall–Kier alpha value is -0.900. The molecule has 0 atom stereocenters. The van der Waals surface area contributed by atoms with E-state index >= 15 is 0 Å². The van der Waals surface area contributed by atoms with E-state index in [9.17, 15) is 9.59 Å². The van der Waals surface area contributed by atoms with Gasteiger partial charge in [0, 0.05) is 19.4 Å². The molecule has 0 saturated heterocycles. The van der Waals surface area contributed by atoms with Gasteiger partial charge in [0.25, 0.3) is 0 Å². The predicted octanol–water partition coefficient (Wildman–Crippen LogP) is 0.298. The molecule has 0 aliphatic heterocycles. The number of hydrogen-bond donors (Lipinski definition) is 0. The summed E-state index contributed by atoms with van der Waals surface area (Å²) in [6, 6.07) is 0. The van der Waals surface area contributed by atoms with Crippen LogP contribution in [-0.2, 0) is 19.1 Å². The van der Waals surface area contributed by atoms with E-state index in [1.54, 1.807) is 6.92 Å². The van der Waals surface area contributed by atoms with Crippen LogP contribution in [0.1, 0.15) is 19.8 Å². The molecule has 1 aliphatic carbocycles. The van der Waals surface area contributed by atoms with E-state index in [2.05, 4.69) is 4.74 Å². The zero-order valence-electron chi connectivity index (χ0n) is 7.25. The molecule has 0 aromatic heterocycles. The Morgan fingerprint density at radius 2 is 2.17 bits per heavy atom. The zero-order valence-corrected chi connectivity index (χ0v) is 7.25. The molecule has 1 aliphatic rings. The van der Waals surface area contributed by atoms with Gasteiger partial charge >= 0.3 is 5.97 Å². The standard InChI is InChI=1S/C8H12O4/c1-3-12-8(7(10)11-2)4-6(9)5-8/h3-5H2,1-2H3. The fourth-order valence-electron chi connectivity index (χ4n) is 1.35. The second kappa shape index (κ2) is 3.23. The summed E-state index contributed by atoms with van der Waals surface area (Å²) in [5.41, 5.74) is -0.958. The lowest BCUT2D eigenvalue weighted by atomic mass is 9.79. The molecule has 68 valence electrons. The zero-order chi connectivity index (χ0) is 9.19.